The van der Waals surface area contributed by atoms with E-state index in [-0.39, 0.29) is 11.3 Å². The molecule has 0 unspecified atom stereocenters. The fourth-order valence-corrected chi connectivity index (χ4v) is 7.63. The quantitative estimate of drug-likeness (QED) is 0.861. The molecule has 4 bridgehead atoms. The molecule has 5 aliphatic rings. The molecular formula is C21H28N2O3S. The van der Waals surface area contributed by atoms with Crippen molar-refractivity contribution in [2.45, 2.75) is 51.4 Å². The van der Waals surface area contributed by atoms with Crippen molar-refractivity contribution in [2.24, 2.45) is 23.2 Å². The van der Waals surface area contributed by atoms with Gasteiger partial charge in [0.05, 0.1) is 17.4 Å². The molecule has 1 amide bonds. The van der Waals surface area contributed by atoms with Crippen LogP contribution in [-0.4, -0.2) is 27.1 Å². The van der Waals surface area contributed by atoms with E-state index in [1.54, 1.807) is 0 Å². The zero-order valence-corrected chi connectivity index (χ0v) is 16.7. The molecule has 5 nitrogen and oxygen atoms in total. The van der Waals surface area contributed by atoms with Gasteiger partial charge in [0.2, 0.25) is 15.9 Å². The second kappa shape index (κ2) is 5.97. The van der Waals surface area contributed by atoms with Crippen LogP contribution in [-0.2, 0) is 21.2 Å². The minimum Gasteiger partial charge on any atom is -0.326 e. The van der Waals surface area contributed by atoms with Crippen molar-refractivity contribution < 1.29 is 13.2 Å². The average Bonchev–Trinajstić information content (AvgIpc) is 2.59. The van der Waals surface area contributed by atoms with Gasteiger partial charge < -0.3 is 5.32 Å². The third kappa shape index (κ3) is 2.96. The molecular weight excluding hydrogens is 360 g/mol. The van der Waals surface area contributed by atoms with E-state index < -0.39 is 10.0 Å². The SMILES string of the molecule is CS(=O)(=O)N1CCCc2cc(NC(=O)C34CC5CC(CC(C5)C3)C4)ccc21. The van der Waals surface area contributed by atoms with Crippen molar-refractivity contribution in [2.75, 3.05) is 22.4 Å². The van der Waals surface area contributed by atoms with E-state index in [2.05, 4.69) is 5.32 Å². The second-order valence-electron chi connectivity index (χ2n) is 9.43. The molecule has 0 atom stereocenters. The molecule has 4 fully saturated rings. The Hall–Kier alpha value is -1.56. The Labute approximate surface area is 161 Å². The first-order valence-electron chi connectivity index (χ1n) is 10.2. The maximum absolute atomic E-state index is 13.2. The summed E-state index contributed by atoms with van der Waals surface area (Å²) in [4.78, 5) is 13.2. The summed E-state index contributed by atoms with van der Waals surface area (Å²) in [6.45, 7) is 0.533. The van der Waals surface area contributed by atoms with Crippen LogP contribution >= 0.6 is 0 Å². The average molecular weight is 389 g/mol. The lowest BCUT2D eigenvalue weighted by molar-refractivity contribution is -0.140. The van der Waals surface area contributed by atoms with E-state index in [1.165, 1.54) is 29.8 Å². The summed E-state index contributed by atoms with van der Waals surface area (Å²) in [5.41, 5.74) is 2.42. The number of nitrogens with zero attached hydrogens (tertiary/aromatic N) is 1. The topological polar surface area (TPSA) is 66.5 Å². The highest BCUT2D eigenvalue weighted by Crippen LogP contribution is 2.60. The number of anilines is 2. The summed E-state index contributed by atoms with van der Waals surface area (Å²) < 4.78 is 25.5. The van der Waals surface area contributed by atoms with Crippen molar-refractivity contribution in [1.82, 2.24) is 0 Å². The Morgan fingerprint density at radius 1 is 1.11 bits per heavy atom. The molecule has 0 saturated heterocycles. The third-order valence-corrected chi connectivity index (χ3v) is 8.51. The van der Waals surface area contributed by atoms with Crippen LogP contribution in [0.5, 0.6) is 0 Å². The first-order valence-corrected chi connectivity index (χ1v) is 12.1. The molecule has 1 N–H and O–H groups in total. The highest BCUT2D eigenvalue weighted by molar-refractivity contribution is 7.92. The molecule has 27 heavy (non-hydrogen) atoms. The number of rotatable bonds is 3. The highest BCUT2D eigenvalue weighted by atomic mass is 32.2. The molecule has 0 radical (unpaired) electrons. The predicted octanol–water partition coefficient (Wildman–Crippen LogP) is 3.55. The lowest BCUT2D eigenvalue weighted by Gasteiger charge is -2.55. The van der Waals surface area contributed by atoms with Crippen molar-refractivity contribution in [3.8, 4) is 0 Å². The number of sulfonamides is 1. The van der Waals surface area contributed by atoms with Gasteiger partial charge in [0.1, 0.15) is 0 Å². The summed E-state index contributed by atoms with van der Waals surface area (Å²) in [6.07, 6.45) is 10.1. The minimum absolute atomic E-state index is 0.163. The standard InChI is InChI=1S/C21H28N2O3S/c1-27(25,26)23-6-2-3-17-10-18(4-5-19(17)23)22-20(24)21-11-14-7-15(12-21)9-16(8-14)13-21/h4-5,10,14-16H,2-3,6-9,11-13H2,1H3,(H,22,24). The number of nitrogens with one attached hydrogen (secondary N) is 1. The molecule has 0 spiro atoms. The molecule has 0 aromatic heterocycles. The van der Waals surface area contributed by atoms with Crippen LogP contribution in [0.4, 0.5) is 11.4 Å². The van der Waals surface area contributed by atoms with E-state index in [4.69, 9.17) is 0 Å². The Balaban J connectivity index is 1.38. The van der Waals surface area contributed by atoms with Gasteiger partial charge in [-0.1, -0.05) is 0 Å². The predicted molar refractivity (Wildman–Crippen MR) is 106 cm³/mol. The van der Waals surface area contributed by atoms with Gasteiger partial charge >= 0.3 is 0 Å². The van der Waals surface area contributed by atoms with Crippen molar-refractivity contribution >= 4 is 27.3 Å². The van der Waals surface area contributed by atoms with E-state index in [1.807, 2.05) is 18.2 Å². The van der Waals surface area contributed by atoms with Gasteiger partial charge in [-0.2, -0.15) is 0 Å². The van der Waals surface area contributed by atoms with Crippen LogP contribution in [0.3, 0.4) is 0 Å². The summed E-state index contributed by atoms with van der Waals surface area (Å²) in [7, 11) is -3.26. The lowest BCUT2D eigenvalue weighted by Crippen LogP contribution is -2.51. The van der Waals surface area contributed by atoms with Gasteiger partial charge in [-0.05, 0) is 92.9 Å². The molecule has 1 aromatic rings. The minimum atomic E-state index is -3.26. The van der Waals surface area contributed by atoms with E-state index in [0.29, 0.717) is 6.54 Å². The fraction of sp³-hybridized carbons (Fsp3) is 0.667. The van der Waals surface area contributed by atoms with Gasteiger partial charge in [0.15, 0.2) is 0 Å². The molecule has 1 aromatic carbocycles. The number of hydrogen-bond acceptors (Lipinski definition) is 3. The Morgan fingerprint density at radius 3 is 2.33 bits per heavy atom. The van der Waals surface area contributed by atoms with Gasteiger partial charge in [0.25, 0.3) is 0 Å². The van der Waals surface area contributed by atoms with Gasteiger partial charge in [-0.15, -0.1) is 0 Å². The Morgan fingerprint density at radius 2 is 1.74 bits per heavy atom. The summed E-state index contributed by atoms with van der Waals surface area (Å²) in [5.74, 6) is 2.42. The molecule has 6 rings (SSSR count). The van der Waals surface area contributed by atoms with E-state index >= 15 is 0 Å². The van der Waals surface area contributed by atoms with Crippen LogP contribution < -0.4 is 9.62 Å². The Kier molecular flexibility index (Phi) is 3.87. The molecule has 146 valence electrons. The van der Waals surface area contributed by atoms with E-state index in [9.17, 15) is 13.2 Å². The largest absolute Gasteiger partial charge is 0.326 e. The maximum Gasteiger partial charge on any atom is 0.232 e. The third-order valence-electron chi connectivity index (χ3n) is 7.33. The molecule has 4 saturated carbocycles. The van der Waals surface area contributed by atoms with E-state index in [0.717, 1.165) is 66.8 Å². The number of fused-ring (bicyclic) bond motifs is 1. The summed E-state index contributed by atoms with van der Waals surface area (Å²) in [5, 5.41) is 3.20. The monoisotopic (exact) mass is 388 g/mol. The summed E-state index contributed by atoms with van der Waals surface area (Å²) in [6, 6.07) is 5.69. The summed E-state index contributed by atoms with van der Waals surface area (Å²) >= 11 is 0. The van der Waals surface area contributed by atoms with Crippen LogP contribution in [0.25, 0.3) is 0 Å². The molecule has 4 aliphatic carbocycles. The van der Waals surface area contributed by atoms with Crippen LogP contribution in [0, 0.1) is 23.2 Å². The fourth-order valence-electron chi connectivity index (χ4n) is 6.64. The highest BCUT2D eigenvalue weighted by Gasteiger charge is 2.54. The van der Waals surface area contributed by atoms with Crippen LogP contribution in [0.2, 0.25) is 0 Å². The first-order chi connectivity index (χ1) is 12.8. The van der Waals surface area contributed by atoms with Crippen LogP contribution in [0.1, 0.15) is 50.5 Å². The number of carbonyl (C=O) groups is 1. The van der Waals surface area contributed by atoms with Gasteiger partial charge in [-0.25, -0.2) is 8.42 Å². The first kappa shape index (κ1) is 17.5. The maximum atomic E-state index is 13.2. The number of benzene rings is 1. The number of aryl methyl sites for hydroxylation is 1. The van der Waals surface area contributed by atoms with Gasteiger partial charge in [0, 0.05) is 12.2 Å². The number of hydrogen-bond donors (Lipinski definition) is 1. The van der Waals surface area contributed by atoms with Crippen molar-refractivity contribution in [3.05, 3.63) is 23.8 Å². The zero-order valence-electron chi connectivity index (χ0n) is 15.9. The zero-order chi connectivity index (χ0) is 18.8. The molecule has 1 heterocycles. The number of amides is 1. The smallest absolute Gasteiger partial charge is 0.232 e. The lowest BCUT2D eigenvalue weighted by atomic mass is 9.49. The molecule has 6 heteroatoms. The normalized spacial score (nSPS) is 34.4. The van der Waals surface area contributed by atoms with Crippen molar-refractivity contribution in [1.29, 1.82) is 0 Å². The number of carbonyl (C=O) groups excluding carboxylic acids is 1. The second-order valence-corrected chi connectivity index (χ2v) is 11.3. The van der Waals surface area contributed by atoms with Crippen molar-refractivity contribution in [3.63, 3.8) is 0 Å². The van der Waals surface area contributed by atoms with Crippen LogP contribution in [0.15, 0.2) is 18.2 Å². The molecule has 1 aliphatic heterocycles. The van der Waals surface area contributed by atoms with Gasteiger partial charge in [-0.3, -0.25) is 9.10 Å². The Bertz CT molecular complexity index is 857.